The SMILES string of the molecule is Cc1ccc(C(=O)NC2CC2)cc1Nc1ncnn2cc(C(=O)NCCCN3CCN(C)CC3)c(C)c12. The predicted octanol–water partition coefficient (Wildman–Crippen LogP) is 2.35. The van der Waals surface area contributed by atoms with Crippen LogP contribution in [0.25, 0.3) is 5.52 Å². The van der Waals surface area contributed by atoms with Crippen molar-refractivity contribution in [3.8, 4) is 0 Å². The van der Waals surface area contributed by atoms with Crippen LogP contribution < -0.4 is 16.0 Å². The van der Waals surface area contributed by atoms with E-state index in [4.69, 9.17) is 0 Å². The lowest BCUT2D eigenvalue weighted by Crippen LogP contribution is -2.45. The van der Waals surface area contributed by atoms with Crippen LogP contribution in [-0.2, 0) is 0 Å². The number of nitrogens with zero attached hydrogens (tertiary/aromatic N) is 5. The standard InChI is InChI=1S/C27H36N8O2/c1-18-5-6-20(26(36)31-21-7-8-21)15-23(18)32-25-24-19(2)22(16-35(24)30-17-29-25)27(37)28-9-4-10-34-13-11-33(3)12-14-34/h5-6,15-17,21H,4,7-14H2,1-3H3,(H,28,37)(H,31,36)(H,29,30,32). The molecule has 1 aliphatic heterocycles. The smallest absolute Gasteiger partial charge is 0.253 e. The summed E-state index contributed by atoms with van der Waals surface area (Å²) in [7, 11) is 2.15. The van der Waals surface area contributed by atoms with Crippen molar-refractivity contribution in [2.75, 3.05) is 51.6 Å². The number of nitrogens with one attached hydrogen (secondary N) is 3. The highest BCUT2D eigenvalue weighted by atomic mass is 16.2. The van der Waals surface area contributed by atoms with Crippen molar-refractivity contribution in [2.45, 2.75) is 39.2 Å². The third-order valence-electron chi connectivity index (χ3n) is 7.27. The van der Waals surface area contributed by atoms with Gasteiger partial charge < -0.3 is 25.8 Å². The molecular formula is C27H36N8O2. The van der Waals surface area contributed by atoms with Crippen LogP contribution in [0.15, 0.2) is 30.7 Å². The molecule has 1 saturated carbocycles. The number of rotatable bonds is 9. The molecule has 3 N–H and O–H groups in total. The van der Waals surface area contributed by atoms with E-state index in [0.29, 0.717) is 29.5 Å². The molecule has 0 radical (unpaired) electrons. The Hall–Kier alpha value is -3.50. The van der Waals surface area contributed by atoms with Crippen LogP contribution in [0.3, 0.4) is 0 Å². The number of anilines is 2. The van der Waals surface area contributed by atoms with E-state index in [9.17, 15) is 9.59 Å². The van der Waals surface area contributed by atoms with Gasteiger partial charge in [-0.3, -0.25) is 9.59 Å². The lowest BCUT2D eigenvalue weighted by atomic mass is 10.1. The second kappa shape index (κ2) is 10.9. The Labute approximate surface area is 217 Å². The fourth-order valence-electron chi connectivity index (χ4n) is 4.67. The van der Waals surface area contributed by atoms with Gasteiger partial charge in [0.2, 0.25) is 0 Å². The second-order valence-electron chi connectivity index (χ2n) is 10.2. The number of fused-ring (bicyclic) bond motifs is 1. The summed E-state index contributed by atoms with van der Waals surface area (Å²) in [5, 5.41) is 13.8. The number of hydrogen-bond acceptors (Lipinski definition) is 7. The van der Waals surface area contributed by atoms with E-state index in [-0.39, 0.29) is 11.8 Å². The summed E-state index contributed by atoms with van der Waals surface area (Å²) in [5.41, 5.74) is 4.50. The van der Waals surface area contributed by atoms with Gasteiger partial charge in [-0.15, -0.1) is 0 Å². The first-order valence-corrected chi connectivity index (χ1v) is 13.1. The molecule has 0 unspecified atom stereocenters. The van der Waals surface area contributed by atoms with Gasteiger partial charge in [0, 0.05) is 56.2 Å². The number of aromatic nitrogens is 3. The first-order valence-electron chi connectivity index (χ1n) is 13.1. The van der Waals surface area contributed by atoms with Crippen molar-refractivity contribution >= 4 is 28.8 Å². The van der Waals surface area contributed by atoms with Gasteiger partial charge >= 0.3 is 0 Å². The molecule has 2 amide bonds. The summed E-state index contributed by atoms with van der Waals surface area (Å²) >= 11 is 0. The average Bonchev–Trinajstić information content (AvgIpc) is 3.64. The van der Waals surface area contributed by atoms with Gasteiger partial charge in [-0.25, -0.2) is 9.50 Å². The highest BCUT2D eigenvalue weighted by Crippen LogP contribution is 2.28. The van der Waals surface area contributed by atoms with E-state index >= 15 is 0 Å². The number of likely N-dealkylation sites (N-methyl/N-ethyl adjacent to an activating group) is 1. The Morgan fingerprint density at radius 2 is 1.86 bits per heavy atom. The molecule has 1 aliphatic carbocycles. The average molecular weight is 505 g/mol. The van der Waals surface area contributed by atoms with Gasteiger partial charge in [0.15, 0.2) is 5.82 Å². The minimum atomic E-state index is -0.109. The highest BCUT2D eigenvalue weighted by Gasteiger charge is 2.24. The van der Waals surface area contributed by atoms with Crippen LogP contribution >= 0.6 is 0 Å². The molecule has 2 aromatic heterocycles. The maximum absolute atomic E-state index is 13.0. The molecule has 0 atom stereocenters. The Balaban J connectivity index is 1.26. The zero-order valence-electron chi connectivity index (χ0n) is 21.9. The monoisotopic (exact) mass is 504 g/mol. The third-order valence-corrected chi connectivity index (χ3v) is 7.27. The normalized spacial score (nSPS) is 16.6. The van der Waals surface area contributed by atoms with Gasteiger partial charge in [0.05, 0.1) is 5.56 Å². The molecule has 3 heterocycles. The molecule has 37 heavy (non-hydrogen) atoms. The maximum atomic E-state index is 13.0. The van der Waals surface area contributed by atoms with Crippen LogP contribution in [0.4, 0.5) is 11.5 Å². The summed E-state index contributed by atoms with van der Waals surface area (Å²) in [6.45, 7) is 9.86. The van der Waals surface area contributed by atoms with Gasteiger partial charge in [-0.1, -0.05) is 6.07 Å². The van der Waals surface area contributed by atoms with Gasteiger partial charge in [0.1, 0.15) is 11.8 Å². The van der Waals surface area contributed by atoms with E-state index in [1.807, 2.05) is 32.0 Å². The largest absolute Gasteiger partial charge is 0.352 e. The van der Waals surface area contributed by atoms with Crippen molar-refractivity contribution in [1.82, 2.24) is 35.0 Å². The zero-order chi connectivity index (χ0) is 25.9. The molecule has 0 bridgehead atoms. The van der Waals surface area contributed by atoms with E-state index < -0.39 is 0 Å². The third kappa shape index (κ3) is 5.91. The molecule has 196 valence electrons. The van der Waals surface area contributed by atoms with Crippen LogP contribution in [0.1, 0.15) is 51.1 Å². The van der Waals surface area contributed by atoms with Crippen LogP contribution in [0, 0.1) is 13.8 Å². The highest BCUT2D eigenvalue weighted by molar-refractivity contribution is 5.99. The first-order chi connectivity index (χ1) is 17.9. The Morgan fingerprint density at radius 1 is 1.08 bits per heavy atom. The van der Waals surface area contributed by atoms with Crippen molar-refractivity contribution < 1.29 is 9.59 Å². The molecule has 1 saturated heterocycles. The van der Waals surface area contributed by atoms with Crippen LogP contribution in [-0.4, -0.2) is 88.6 Å². The number of hydrogen-bond donors (Lipinski definition) is 3. The van der Waals surface area contributed by atoms with E-state index in [1.54, 1.807) is 10.7 Å². The number of carbonyl (C=O) groups is 2. The lowest BCUT2D eigenvalue weighted by Gasteiger charge is -2.32. The topological polar surface area (TPSA) is 107 Å². The molecule has 2 aliphatic rings. The molecule has 3 aromatic rings. The molecule has 0 spiro atoms. The van der Waals surface area contributed by atoms with E-state index in [2.05, 4.69) is 42.9 Å². The molecular weight excluding hydrogens is 468 g/mol. The van der Waals surface area contributed by atoms with Gasteiger partial charge in [-0.05, 0) is 70.0 Å². The molecule has 10 nitrogen and oxygen atoms in total. The number of piperazine rings is 1. The van der Waals surface area contributed by atoms with E-state index in [0.717, 1.165) is 74.3 Å². The minimum Gasteiger partial charge on any atom is -0.352 e. The van der Waals surface area contributed by atoms with Crippen molar-refractivity contribution in [3.63, 3.8) is 0 Å². The quantitative estimate of drug-likeness (QED) is 0.384. The summed E-state index contributed by atoms with van der Waals surface area (Å²) in [6.07, 6.45) is 6.21. The number of aryl methyl sites for hydroxylation is 2. The van der Waals surface area contributed by atoms with Crippen molar-refractivity contribution in [3.05, 3.63) is 53.0 Å². The Morgan fingerprint density at radius 3 is 2.62 bits per heavy atom. The van der Waals surface area contributed by atoms with Crippen LogP contribution in [0.5, 0.6) is 0 Å². The molecule has 5 rings (SSSR count). The zero-order valence-corrected chi connectivity index (χ0v) is 21.9. The first kappa shape index (κ1) is 25.2. The number of amides is 2. The summed E-state index contributed by atoms with van der Waals surface area (Å²) < 4.78 is 1.68. The molecule has 1 aromatic carbocycles. The minimum absolute atomic E-state index is 0.0659. The Kier molecular flexibility index (Phi) is 7.38. The fourth-order valence-corrected chi connectivity index (χ4v) is 4.67. The predicted molar refractivity (Wildman–Crippen MR) is 144 cm³/mol. The summed E-state index contributed by atoms with van der Waals surface area (Å²) in [4.78, 5) is 34.8. The molecule has 10 heteroatoms. The Bertz CT molecular complexity index is 1290. The summed E-state index contributed by atoms with van der Waals surface area (Å²) in [6, 6.07) is 5.90. The lowest BCUT2D eigenvalue weighted by molar-refractivity contribution is 0.0941. The van der Waals surface area contributed by atoms with E-state index in [1.165, 1.54) is 6.33 Å². The second-order valence-corrected chi connectivity index (χ2v) is 10.2. The summed E-state index contributed by atoms with van der Waals surface area (Å²) in [5.74, 6) is 0.413. The fraction of sp³-hybridized carbons (Fsp3) is 0.481. The maximum Gasteiger partial charge on any atom is 0.253 e. The number of carbonyl (C=O) groups excluding carboxylic acids is 2. The van der Waals surface area contributed by atoms with Crippen molar-refractivity contribution in [1.29, 1.82) is 0 Å². The van der Waals surface area contributed by atoms with Crippen molar-refractivity contribution in [2.24, 2.45) is 0 Å². The number of benzene rings is 1. The van der Waals surface area contributed by atoms with Gasteiger partial charge in [-0.2, -0.15) is 5.10 Å². The van der Waals surface area contributed by atoms with Crippen LogP contribution in [0.2, 0.25) is 0 Å². The van der Waals surface area contributed by atoms with Gasteiger partial charge in [0.25, 0.3) is 11.8 Å². The molecule has 2 fully saturated rings.